The molecule has 1 unspecified atom stereocenters. The van der Waals surface area contributed by atoms with E-state index in [0.717, 1.165) is 19.3 Å². The minimum atomic E-state index is -0.117. The van der Waals surface area contributed by atoms with Gasteiger partial charge in [0.15, 0.2) is 0 Å². The Kier molecular flexibility index (Phi) is 7.69. The summed E-state index contributed by atoms with van der Waals surface area (Å²) in [6.45, 7) is 5.18. The maximum atomic E-state index is 11.1. The third kappa shape index (κ3) is 7.78. The second kappa shape index (κ2) is 8.05. The molecule has 0 aromatic heterocycles. The van der Waals surface area contributed by atoms with Crippen LogP contribution in [0.2, 0.25) is 0 Å². The number of hydrogen-bond donors (Lipinski definition) is 1. The molecule has 0 saturated heterocycles. The molecule has 2 N–H and O–H groups in total. The Morgan fingerprint density at radius 3 is 2.69 bits per heavy atom. The second-order valence-electron chi connectivity index (χ2n) is 3.47. The van der Waals surface area contributed by atoms with Gasteiger partial charge < -0.3 is 10.5 Å². The molecule has 0 radical (unpaired) electrons. The molecule has 0 aliphatic carbocycles. The van der Waals surface area contributed by atoms with Gasteiger partial charge in [-0.15, -0.1) is 0 Å². The van der Waals surface area contributed by atoms with Crippen LogP contribution in [0.5, 0.6) is 0 Å². The fourth-order valence-corrected chi connectivity index (χ4v) is 0.965. The third-order valence-corrected chi connectivity index (χ3v) is 1.93. The molecule has 0 saturated carbocycles. The SMILES string of the molecule is CCCCCOC(=O)CC(C)CN. The number of hydrogen-bond acceptors (Lipinski definition) is 3. The van der Waals surface area contributed by atoms with E-state index in [4.69, 9.17) is 10.5 Å². The van der Waals surface area contributed by atoms with Crippen molar-refractivity contribution in [2.24, 2.45) is 11.7 Å². The Hall–Kier alpha value is -0.570. The van der Waals surface area contributed by atoms with E-state index in [1.165, 1.54) is 0 Å². The lowest BCUT2D eigenvalue weighted by molar-refractivity contribution is -0.144. The van der Waals surface area contributed by atoms with Gasteiger partial charge in [0, 0.05) is 6.42 Å². The molecule has 0 aromatic rings. The molecular formula is C10H21NO2. The molecule has 13 heavy (non-hydrogen) atoms. The molecule has 0 heterocycles. The summed E-state index contributed by atoms with van der Waals surface area (Å²) in [5, 5.41) is 0. The van der Waals surface area contributed by atoms with Crippen molar-refractivity contribution in [1.82, 2.24) is 0 Å². The average molecular weight is 187 g/mol. The van der Waals surface area contributed by atoms with Gasteiger partial charge in [-0.3, -0.25) is 4.79 Å². The van der Waals surface area contributed by atoms with Crippen LogP contribution < -0.4 is 5.73 Å². The van der Waals surface area contributed by atoms with E-state index < -0.39 is 0 Å². The van der Waals surface area contributed by atoms with E-state index in [-0.39, 0.29) is 11.9 Å². The normalized spacial score (nSPS) is 12.5. The molecule has 3 nitrogen and oxygen atoms in total. The zero-order chi connectivity index (χ0) is 10.1. The molecule has 0 aliphatic rings. The van der Waals surface area contributed by atoms with E-state index in [1.807, 2.05) is 6.92 Å². The topological polar surface area (TPSA) is 52.3 Å². The van der Waals surface area contributed by atoms with Crippen molar-refractivity contribution in [3.63, 3.8) is 0 Å². The van der Waals surface area contributed by atoms with Gasteiger partial charge in [0.2, 0.25) is 0 Å². The largest absolute Gasteiger partial charge is 0.466 e. The highest BCUT2D eigenvalue weighted by molar-refractivity contribution is 5.69. The Balaban J connectivity index is 3.30. The quantitative estimate of drug-likeness (QED) is 0.487. The molecule has 0 fully saturated rings. The van der Waals surface area contributed by atoms with Gasteiger partial charge in [-0.05, 0) is 18.9 Å². The van der Waals surface area contributed by atoms with E-state index in [0.29, 0.717) is 19.6 Å². The number of carbonyl (C=O) groups is 1. The molecule has 0 spiro atoms. The summed E-state index contributed by atoms with van der Waals surface area (Å²) in [4.78, 5) is 11.1. The van der Waals surface area contributed by atoms with E-state index in [1.54, 1.807) is 0 Å². The maximum absolute atomic E-state index is 11.1. The van der Waals surface area contributed by atoms with Crippen molar-refractivity contribution in [3.8, 4) is 0 Å². The van der Waals surface area contributed by atoms with Crippen molar-refractivity contribution in [1.29, 1.82) is 0 Å². The van der Waals surface area contributed by atoms with Crippen LogP contribution in [-0.2, 0) is 9.53 Å². The number of unbranched alkanes of at least 4 members (excludes halogenated alkanes) is 2. The Bertz CT molecular complexity index is 137. The monoisotopic (exact) mass is 187 g/mol. The van der Waals surface area contributed by atoms with Gasteiger partial charge in [-0.1, -0.05) is 26.7 Å². The lowest BCUT2D eigenvalue weighted by Crippen LogP contribution is -2.17. The van der Waals surface area contributed by atoms with Crippen molar-refractivity contribution < 1.29 is 9.53 Å². The molecular weight excluding hydrogens is 166 g/mol. The predicted octanol–water partition coefficient (Wildman–Crippen LogP) is 1.70. The van der Waals surface area contributed by atoms with Crippen LogP contribution in [0, 0.1) is 5.92 Å². The van der Waals surface area contributed by atoms with Crippen LogP contribution in [0.4, 0.5) is 0 Å². The molecule has 0 aromatic carbocycles. The summed E-state index contributed by atoms with van der Waals surface area (Å²) in [7, 11) is 0. The summed E-state index contributed by atoms with van der Waals surface area (Å²) in [6.07, 6.45) is 3.69. The number of nitrogens with two attached hydrogens (primary N) is 1. The van der Waals surface area contributed by atoms with Gasteiger partial charge in [0.25, 0.3) is 0 Å². The first-order chi connectivity index (χ1) is 6.20. The third-order valence-electron chi connectivity index (χ3n) is 1.93. The van der Waals surface area contributed by atoms with Gasteiger partial charge in [-0.2, -0.15) is 0 Å². The maximum Gasteiger partial charge on any atom is 0.306 e. The standard InChI is InChI=1S/C10H21NO2/c1-3-4-5-6-13-10(12)7-9(2)8-11/h9H,3-8,11H2,1-2H3. The molecule has 0 amide bonds. The highest BCUT2D eigenvalue weighted by Crippen LogP contribution is 2.02. The summed E-state index contributed by atoms with van der Waals surface area (Å²) < 4.78 is 5.02. The van der Waals surface area contributed by atoms with Crippen molar-refractivity contribution >= 4 is 5.97 Å². The highest BCUT2D eigenvalue weighted by atomic mass is 16.5. The molecule has 3 heteroatoms. The van der Waals surface area contributed by atoms with Crippen molar-refractivity contribution in [2.45, 2.75) is 39.5 Å². The second-order valence-corrected chi connectivity index (χ2v) is 3.47. The zero-order valence-electron chi connectivity index (χ0n) is 8.71. The first-order valence-corrected chi connectivity index (χ1v) is 5.06. The van der Waals surface area contributed by atoms with Crippen LogP contribution in [0.3, 0.4) is 0 Å². The summed E-state index contributed by atoms with van der Waals surface area (Å²) in [5.74, 6) is 0.118. The van der Waals surface area contributed by atoms with E-state index in [2.05, 4.69) is 6.92 Å². The first-order valence-electron chi connectivity index (χ1n) is 5.06. The van der Waals surface area contributed by atoms with Gasteiger partial charge >= 0.3 is 5.97 Å². The minimum absolute atomic E-state index is 0.117. The van der Waals surface area contributed by atoms with Gasteiger partial charge in [0.1, 0.15) is 0 Å². The van der Waals surface area contributed by atoms with Crippen LogP contribution >= 0.6 is 0 Å². The molecule has 0 bridgehead atoms. The molecule has 78 valence electrons. The van der Waals surface area contributed by atoms with Gasteiger partial charge in [0.05, 0.1) is 6.61 Å². The molecule has 0 aliphatic heterocycles. The zero-order valence-corrected chi connectivity index (χ0v) is 8.71. The first kappa shape index (κ1) is 12.4. The van der Waals surface area contributed by atoms with Crippen LogP contribution in [0.15, 0.2) is 0 Å². The Morgan fingerprint density at radius 1 is 1.46 bits per heavy atom. The number of rotatable bonds is 7. The lowest BCUT2D eigenvalue weighted by Gasteiger charge is -2.07. The van der Waals surface area contributed by atoms with Crippen LogP contribution in [0.25, 0.3) is 0 Å². The molecule has 0 rings (SSSR count). The number of esters is 1. The highest BCUT2D eigenvalue weighted by Gasteiger charge is 2.07. The summed E-state index contributed by atoms with van der Waals surface area (Å²) >= 11 is 0. The number of ether oxygens (including phenoxy) is 1. The fourth-order valence-electron chi connectivity index (χ4n) is 0.965. The Labute approximate surface area is 80.6 Å². The smallest absolute Gasteiger partial charge is 0.306 e. The van der Waals surface area contributed by atoms with E-state index >= 15 is 0 Å². The number of carbonyl (C=O) groups excluding carboxylic acids is 1. The van der Waals surface area contributed by atoms with Crippen molar-refractivity contribution in [2.75, 3.05) is 13.2 Å². The Morgan fingerprint density at radius 2 is 2.15 bits per heavy atom. The summed E-state index contributed by atoms with van der Waals surface area (Å²) in [6, 6.07) is 0. The van der Waals surface area contributed by atoms with Crippen LogP contribution in [-0.4, -0.2) is 19.1 Å². The van der Waals surface area contributed by atoms with Crippen LogP contribution in [0.1, 0.15) is 39.5 Å². The van der Waals surface area contributed by atoms with Crippen molar-refractivity contribution in [3.05, 3.63) is 0 Å². The average Bonchev–Trinajstić information content (AvgIpc) is 2.12. The predicted molar refractivity (Wildman–Crippen MR) is 53.3 cm³/mol. The van der Waals surface area contributed by atoms with Gasteiger partial charge in [-0.25, -0.2) is 0 Å². The van der Waals surface area contributed by atoms with E-state index in [9.17, 15) is 4.79 Å². The summed E-state index contributed by atoms with van der Waals surface area (Å²) in [5.41, 5.74) is 5.39. The lowest BCUT2D eigenvalue weighted by atomic mass is 10.1. The fraction of sp³-hybridized carbons (Fsp3) is 0.900. The minimum Gasteiger partial charge on any atom is -0.466 e. The molecule has 1 atom stereocenters.